The fourth-order valence-corrected chi connectivity index (χ4v) is 4.08. The molecule has 0 aromatic rings. The van der Waals surface area contributed by atoms with E-state index in [1.807, 2.05) is 0 Å². The zero-order valence-corrected chi connectivity index (χ0v) is 18.4. The van der Waals surface area contributed by atoms with E-state index < -0.39 is 0 Å². The Bertz CT molecular complexity index is 312. The molecule has 0 saturated heterocycles. The molecule has 0 heterocycles. The first kappa shape index (κ1) is 23.0. The fourth-order valence-electron chi connectivity index (χ4n) is 4.08. The van der Waals surface area contributed by atoms with Gasteiger partial charge in [-0.1, -0.05) is 79.6 Å². The predicted octanol–water partition coefficient (Wildman–Crippen LogP) is 8.02. The molecule has 2 aliphatic rings. The molecule has 25 heavy (non-hydrogen) atoms. The molecular formula is C24H48O. The van der Waals surface area contributed by atoms with Gasteiger partial charge in [-0.2, -0.15) is 0 Å². The largest absolute Gasteiger partial charge is 0.375 e. The van der Waals surface area contributed by atoms with Crippen molar-refractivity contribution < 1.29 is 4.74 Å². The van der Waals surface area contributed by atoms with Gasteiger partial charge in [-0.3, -0.25) is 0 Å². The van der Waals surface area contributed by atoms with Crippen LogP contribution in [0, 0.1) is 23.7 Å². The SMILES string of the molecule is CCCC(C)CCOC1(C)CC1.CCCCC(C)C1CCC(C)CC1. The molecule has 2 aliphatic carbocycles. The summed E-state index contributed by atoms with van der Waals surface area (Å²) in [7, 11) is 0. The fraction of sp³-hybridized carbons (Fsp3) is 1.00. The molecule has 2 unspecified atom stereocenters. The Hall–Kier alpha value is -0.0400. The first-order chi connectivity index (χ1) is 11.9. The van der Waals surface area contributed by atoms with Gasteiger partial charge in [0, 0.05) is 6.61 Å². The lowest BCUT2D eigenvalue weighted by Crippen LogP contribution is -2.18. The molecule has 2 fully saturated rings. The van der Waals surface area contributed by atoms with Crippen LogP contribution in [0.3, 0.4) is 0 Å². The number of unbranched alkanes of at least 4 members (excludes halogenated alkanes) is 1. The Morgan fingerprint density at radius 1 is 0.920 bits per heavy atom. The third kappa shape index (κ3) is 10.6. The second-order valence-corrected chi connectivity index (χ2v) is 9.62. The van der Waals surface area contributed by atoms with Gasteiger partial charge in [0.15, 0.2) is 0 Å². The predicted molar refractivity (Wildman–Crippen MR) is 112 cm³/mol. The molecule has 0 aliphatic heterocycles. The first-order valence-corrected chi connectivity index (χ1v) is 11.5. The molecule has 0 N–H and O–H groups in total. The summed E-state index contributed by atoms with van der Waals surface area (Å²) >= 11 is 0. The van der Waals surface area contributed by atoms with Crippen molar-refractivity contribution in [3.8, 4) is 0 Å². The third-order valence-corrected chi connectivity index (χ3v) is 6.68. The summed E-state index contributed by atoms with van der Waals surface area (Å²) in [5.74, 6) is 3.90. The van der Waals surface area contributed by atoms with Crippen LogP contribution in [0.25, 0.3) is 0 Å². The average Bonchev–Trinajstić information content (AvgIpc) is 3.31. The second kappa shape index (κ2) is 12.4. The minimum Gasteiger partial charge on any atom is -0.375 e. The third-order valence-electron chi connectivity index (χ3n) is 6.68. The molecule has 0 aromatic heterocycles. The second-order valence-electron chi connectivity index (χ2n) is 9.62. The van der Waals surface area contributed by atoms with Gasteiger partial charge in [0.05, 0.1) is 5.60 Å². The van der Waals surface area contributed by atoms with E-state index in [9.17, 15) is 0 Å². The maximum absolute atomic E-state index is 5.76. The highest BCUT2D eigenvalue weighted by atomic mass is 16.5. The summed E-state index contributed by atoms with van der Waals surface area (Å²) < 4.78 is 5.76. The van der Waals surface area contributed by atoms with Crippen LogP contribution in [-0.4, -0.2) is 12.2 Å². The molecule has 2 rings (SSSR count). The van der Waals surface area contributed by atoms with Crippen LogP contribution >= 0.6 is 0 Å². The summed E-state index contributed by atoms with van der Waals surface area (Å²) in [6, 6.07) is 0. The Kier molecular flexibility index (Phi) is 11.4. The summed E-state index contributed by atoms with van der Waals surface area (Å²) in [6.07, 6.45) is 16.7. The summed E-state index contributed by atoms with van der Waals surface area (Å²) in [5.41, 5.74) is 0.284. The number of ether oxygens (including phenoxy) is 1. The highest BCUT2D eigenvalue weighted by Gasteiger charge is 2.38. The topological polar surface area (TPSA) is 9.23 Å². The quantitative estimate of drug-likeness (QED) is 0.386. The highest BCUT2D eigenvalue weighted by molar-refractivity contribution is 4.90. The van der Waals surface area contributed by atoms with Crippen LogP contribution < -0.4 is 0 Å². The van der Waals surface area contributed by atoms with Crippen molar-refractivity contribution >= 4 is 0 Å². The van der Waals surface area contributed by atoms with E-state index >= 15 is 0 Å². The van der Waals surface area contributed by atoms with Gasteiger partial charge in [-0.25, -0.2) is 0 Å². The smallest absolute Gasteiger partial charge is 0.0656 e. The van der Waals surface area contributed by atoms with Crippen molar-refractivity contribution in [3.63, 3.8) is 0 Å². The Morgan fingerprint density at radius 2 is 1.56 bits per heavy atom. The van der Waals surface area contributed by atoms with Crippen molar-refractivity contribution in [2.45, 2.75) is 124 Å². The van der Waals surface area contributed by atoms with Gasteiger partial charge in [-0.15, -0.1) is 0 Å². The molecule has 2 saturated carbocycles. The van der Waals surface area contributed by atoms with E-state index in [-0.39, 0.29) is 5.60 Å². The van der Waals surface area contributed by atoms with Crippen LogP contribution in [0.2, 0.25) is 0 Å². The van der Waals surface area contributed by atoms with Crippen molar-refractivity contribution in [1.29, 1.82) is 0 Å². The number of hydrogen-bond acceptors (Lipinski definition) is 1. The highest BCUT2D eigenvalue weighted by Crippen LogP contribution is 2.38. The maximum atomic E-state index is 5.76. The van der Waals surface area contributed by atoms with Crippen molar-refractivity contribution in [2.75, 3.05) is 6.61 Å². The molecule has 0 amide bonds. The van der Waals surface area contributed by atoms with E-state index in [1.165, 1.54) is 77.0 Å². The van der Waals surface area contributed by atoms with E-state index in [1.54, 1.807) is 0 Å². The lowest BCUT2D eigenvalue weighted by molar-refractivity contribution is 0.0383. The van der Waals surface area contributed by atoms with Gasteiger partial charge >= 0.3 is 0 Å². The molecule has 0 radical (unpaired) electrons. The number of hydrogen-bond donors (Lipinski definition) is 0. The zero-order chi connectivity index (χ0) is 18.7. The van der Waals surface area contributed by atoms with E-state index in [0.717, 1.165) is 30.3 Å². The van der Waals surface area contributed by atoms with Crippen molar-refractivity contribution in [3.05, 3.63) is 0 Å². The van der Waals surface area contributed by atoms with E-state index in [0.29, 0.717) is 0 Å². The lowest BCUT2D eigenvalue weighted by Gasteiger charge is -2.30. The lowest BCUT2D eigenvalue weighted by atomic mass is 9.75. The molecule has 2 atom stereocenters. The molecule has 0 spiro atoms. The molecule has 0 bridgehead atoms. The monoisotopic (exact) mass is 352 g/mol. The Morgan fingerprint density at radius 3 is 2.08 bits per heavy atom. The van der Waals surface area contributed by atoms with Gasteiger partial charge < -0.3 is 4.74 Å². The van der Waals surface area contributed by atoms with E-state index in [2.05, 4.69) is 41.5 Å². The standard InChI is InChI=1S/C13H26.C11H22O/c1-4-5-6-12(3)13-9-7-11(2)8-10-13;1-4-5-10(2)6-9-12-11(3)7-8-11/h11-13H,4-10H2,1-3H3;10H,4-9H2,1-3H3. The van der Waals surface area contributed by atoms with Gasteiger partial charge in [0.1, 0.15) is 0 Å². The van der Waals surface area contributed by atoms with Crippen LogP contribution in [0.15, 0.2) is 0 Å². The average molecular weight is 353 g/mol. The normalized spacial score (nSPS) is 27.1. The van der Waals surface area contributed by atoms with Gasteiger partial charge in [0.2, 0.25) is 0 Å². The summed E-state index contributed by atoms with van der Waals surface area (Å²) in [5, 5.41) is 0. The molecular weight excluding hydrogens is 304 g/mol. The van der Waals surface area contributed by atoms with Crippen molar-refractivity contribution in [2.24, 2.45) is 23.7 Å². The number of rotatable bonds is 10. The van der Waals surface area contributed by atoms with Crippen LogP contribution in [-0.2, 0) is 4.74 Å². The Labute approximate surface area is 159 Å². The van der Waals surface area contributed by atoms with Crippen LogP contribution in [0.4, 0.5) is 0 Å². The Balaban J connectivity index is 0.000000251. The summed E-state index contributed by atoms with van der Waals surface area (Å²) in [4.78, 5) is 0. The first-order valence-electron chi connectivity index (χ1n) is 11.5. The minimum atomic E-state index is 0.284. The van der Waals surface area contributed by atoms with Gasteiger partial charge in [-0.05, 0) is 62.7 Å². The molecule has 1 heteroatoms. The minimum absolute atomic E-state index is 0.284. The zero-order valence-electron chi connectivity index (χ0n) is 18.4. The molecule has 150 valence electrons. The van der Waals surface area contributed by atoms with Crippen molar-refractivity contribution in [1.82, 2.24) is 0 Å². The van der Waals surface area contributed by atoms with Crippen LogP contribution in [0.1, 0.15) is 119 Å². The van der Waals surface area contributed by atoms with E-state index in [4.69, 9.17) is 4.74 Å². The molecule has 1 nitrogen and oxygen atoms in total. The molecule has 0 aromatic carbocycles. The summed E-state index contributed by atoms with van der Waals surface area (Å²) in [6.45, 7) is 14.9. The maximum Gasteiger partial charge on any atom is 0.0656 e. The van der Waals surface area contributed by atoms with Gasteiger partial charge in [0.25, 0.3) is 0 Å². The van der Waals surface area contributed by atoms with Crippen LogP contribution in [0.5, 0.6) is 0 Å².